The predicted molar refractivity (Wildman–Crippen MR) is 107 cm³/mol. The van der Waals surface area contributed by atoms with Crippen molar-refractivity contribution in [1.29, 1.82) is 0 Å². The molecule has 0 radical (unpaired) electrons. The zero-order valence-corrected chi connectivity index (χ0v) is 17.2. The van der Waals surface area contributed by atoms with E-state index in [1.807, 2.05) is 35.0 Å². The number of hydrogen-bond acceptors (Lipinski definition) is 5. The second-order valence-electron chi connectivity index (χ2n) is 5.40. The zero-order chi connectivity index (χ0) is 18.6. The summed E-state index contributed by atoms with van der Waals surface area (Å²) in [6.07, 6.45) is 3.56. The van der Waals surface area contributed by atoms with E-state index in [1.54, 1.807) is 37.6 Å². The summed E-state index contributed by atoms with van der Waals surface area (Å²) in [4.78, 5) is 4.67. The molecule has 0 N–H and O–H groups in total. The van der Waals surface area contributed by atoms with Crippen LogP contribution in [0.4, 0.5) is 0 Å². The van der Waals surface area contributed by atoms with E-state index in [0.29, 0.717) is 10.6 Å². The molecule has 0 atom stereocenters. The number of halogens is 1. The number of thioether (sulfide) groups is 1. The van der Waals surface area contributed by atoms with Crippen molar-refractivity contribution in [2.75, 3.05) is 18.6 Å². The molecule has 1 heterocycles. The minimum Gasteiger partial charge on any atom is -0.497 e. The molecule has 0 amide bonds. The topological polar surface area (TPSA) is 61.2 Å². The lowest BCUT2D eigenvalue weighted by molar-refractivity contribution is 0.414. The first-order chi connectivity index (χ1) is 12.5. The number of sulfone groups is 1. The molecule has 0 aliphatic rings. The summed E-state index contributed by atoms with van der Waals surface area (Å²) in [5, 5.41) is 0.751. The van der Waals surface area contributed by atoms with Gasteiger partial charge in [-0.1, -0.05) is 27.7 Å². The molecular weight excluding hydrogens is 436 g/mol. The van der Waals surface area contributed by atoms with Crippen molar-refractivity contribution in [3.05, 3.63) is 65.4 Å². The van der Waals surface area contributed by atoms with Crippen LogP contribution >= 0.6 is 27.7 Å². The number of methoxy groups -OCH3 is 1. The molecule has 0 saturated heterocycles. The van der Waals surface area contributed by atoms with Crippen molar-refractivity contribution in [1.82, 2.24) is 9.55 Å². The van der Waals surface area contributed by atoms with Crippen LogP contribution in [0, 0.1) is 0 Å². The van der Waals surface area contributed by atoms with Crippen LogP contribution in [0.2, 0.25) is 0 Å². The Kier molecular flexibility index (Phi) is 6.05. The summed E-state index contributed by atoms with van der Waals surface area (Å²) < 4.78 is 32.8. The van der Waals surface area contributed by atoms with Gasteiger partial charge in [-0.15, -0.1) is 0 Å². The average molecular weight is 453 g/mol. The lowest BCUT2D eigenvalue weighted by Gasteiger charge is -2.09. The van der Waals surface area contributed by atoms with Crippen molar-refractivity contribution in [3.8, 4) is 11.4 Å². The summed E-state index contributed by atoms with van der Waals surface area (Å²) in [5.74, 6) is 1.25. The molecule has 0 spiro atoms. The molecule has 0 aliphatic heterocycles. The normalized spacial score (nSPS) is 11.5. The highest BCUT2D eigenvalue weighted by Gasteiger charge is 2.15. The van der Waals surface area contributed by atoms with Gasteiger partial charge in [-0.2, -0.15) is 0 Å². The van der Waals surface area contributed by atoms with Crippen LogP contribution in [0.3, 0.4) is 0 Å². The maximum Gasteiger partial charge on any atom is 0.179 e. The Morgan fingerprint density at radius 2 is 1.81 bits per heavy atom. The fraction of sp³-hybridized carbons (Fsp3) is 0.167. The summed E-state index contributed by atoms with van der Waals surface area (Å²) >= 11 is 4.73. The minimum atomic E-state index is -3.31. The van der Waals surface area contributed by atoms with Gasteiger partial charge in [0.1, 0.15) is 5.75 Å². The Bertz CT molecular complexity index is 968. The van der Waals surface area contributed by atoms with Crippen molar-refractivity contribution < 1.29 is 13.2 Å². The van der Waals surface area contributed by atoms with E-state index in [0.717, 1.165) is 21.1 Å². The first kappa shape index (κ1) is 19.0. The van der Waals surface area contributed by atoms with Crippen molar-refractivity contribution in [2.24, 2.45) is 0 Å². The number of benzene rings is 2. The smallest absolute Gasteiger partial charge is 0.179 e. The Morgan fingerprint density at radius 3 is 2.46 bits per heavy atom. The number of aromatic nitrogens is 2. The van der Waals surface area contributed by atoms with Gasteiger partial charge in [-0.05, 0) is 48.5 Å². The van der Waals surface area contributed by atoms with Gasteiger partial charge in [-0.3, -0.25) is 4.57 Å². The second-order valence-corrected chi connectivity index (χ2v) is 9.49. The van der Waals surface area contributed by atoms with E-state index < -0.39 is 9.84 Å². The van der Waals surface area contributed by atoms with E-state index in [-0.39, 0.29) is 5.75 Å². The van der Waals surface area contributed by atoms with Crippen LogP contribution in [0.5, 0.6) is 5.75 Å². The number of rotatable bonds is 7. The fourth-order valence-electron chi connectivity index (χ4n) is 2.34. The maximum absolute atomic E-state index is 12.4. The molecule has 136 valence electrons. The summed E-state index contributed by atoms with van der Waals surface area (Å²) in [7, 11) is -1.69. The lowest BCUT2D eigenvalue weighted by Crippen LogP contribution is -2.09. The zero-order valence-electron chi connectivity index (χ0n) is 14.0. The summed E-state index contributed by atoms with van der Waals surface area (Å²) in [6.45, 7) is 0. The van der Waals surface area contributed by atoms with Crippen LogP contribution in [0.25, 0.3) is 5.69 Å². The third-order valence-electron chi connectivity index (χ3n) is 3.71. The lowest BCUT2D eigenvalue weighted by atomic mass is 10.3. The van der Waals surface area contributed by atoms with Gasteiger partial charge in [0.05, 0.1) is 17.8 Å². The van der Waals surface area contributed by atoms with Gasteiger partial charge in [0.15, 0.2) is 15.0 Å². The van der Waals surface area contributed by atoms with Crippen LogP contribution in [0.1, 0.15) is 0 Å². The van der Waals surface area contributed by atoms with Crippen molar-refractivity contribution >= 4 is 37.5 Å². The molecule has 3 aromatic rings. The van der Waals surface area contributed by atoms with Crippen LogP contribution in [0.15, 0.2) is 75.4 Å². The van der Waals surface area contributed by atoms with Crippen LogP contribution in [-0.2, 0) is 9.84 Å². The average Bonchev–Trinajstić information content (AvgIpc) is 3.10. The predicted octanol–water partition coefficient (Wildman–Crippen LogP) is 4.21. The Labute approximate surface area is 165 Å². The molecule has 0 fully saturated rings. The van der Waals surface area contributed by atoms with E-state index in [4.69, 9.17) is 4.74 Å². The summed E-state index contributed by atoms with van der Waals surface area (Å²) in [6, 6.07) is 14.3. The maximum atomic E-state index is 12.4. The molecule has 0 bridgehead atoms. The molecule has 1 aromatic heterocycles. The molecule has 3 rings (SSSR count). The second kappa shape index (κ2) is 8.28. The number of ether oxygens (including phenoxy) is 1. The highest BCUT2D eigenvalue weighted by atomic mass is 79.9. The molecule has 0 saturated carbocycles. The third-order valence-corrected chi connectivity index (χ3v) is 7.20. The molecule has 26 heavy (non-hydrogen) atoms. The molecule has 5 nitrogen and oxygen atoms in total. The van der Waals surface area contributed by atoms with Crippen molar-refractivity contribution in [3.63, 3.8) is 0 Å². The largest absolute Gasteiger partial charge is 0.497 e. The molecule has 0 unspecified atom stereocenters. The van der Waals surface area contributed by atoms with Gasteiger partial charge < -0.3 is 4.74 Å². The van der Waals surface area contributed by atoms with E-state index in [9.17, 15) is 8.42 Å². The quantitative estimate of drug-likeness (QED) is 0.502. The Hall–Kier alpha value is -1.77. The molecule has 0 aliphatic carbocycles. The standard InChI is InChI=1S/C18H17BrN2O3S2/c1-24-16-6-4-15(5-7-16)21-11-10-20-18(21)25-12-13-26(22,23)17-8-2-14(19)3-9-17/h2-11H,12-13H2,1H3. The fourth-order valence-corrected chi connectivity index (χ4v) is 5.22. The van der Waals surface area contributed by atoms with E-state index in [1.165, 1.54) is 11.8 Å². The van der Waals surface area contributed by atoms with E-state index in [2.05, 4.69) is 20.9 Å². The van der Waals surface area contributed by atoms with Crippen molar-refractivity contribution in [2.45, 2.75) is 10.1 Å². The first-order valence-corrected chi connectivity index (χ1v) is 11.2. The number of hydrogen-bond donors (Lipinski definition) is 0. The van der Waals surface area contributed by atoms with Gasteiger partial charge in [0, 0.05) is 28.3 Å². The Morgan fingerprint density at radius 1 is 1.12 bits per heavy atom. The molecular formula is C18H17BrN2O3S2. The van der Waals surface area contributed by atoms with Gasteiger partial charge in [0.2, 0.25) is 0 Å². The first-order valence-electron chi connectivity index (χ1n) is 7.78. The highest BCUT2D eigenvalue weighted by molar-refractivity contribution is 9.10. The SMILES string of the molecule is COc1ccc(-n2ccnc2SCCS(=O)(=O)c2ccc(Br)cc2)cc1. The summed E-state index contributed by atoms with van der Waals surface area (Å²) in [5.41, 5.74) is 0.946. The van der Waals surface area contributed by atoms with E-state index >= 15 is 0 Å². The third kappa shape index (κ3) is 4.49. The van der Waals surface area contributed by atoms with Gasteiger partial charge >= 0.3 is 0 Å². The minimum absolute atomic E-state index is 0.0504. The van der Waals surface area contributed by atoms with Gasteiger partial charge in [0.25, 0.3) is 0 Å². The molecule has 2 aromatic carbocycles. The van der Waals surface area contributed by atoms with Crippen LogP contribution < -0.4 is 4.74 Å². The monoisotopic (exact) mass is 452 g/mol. The van der Waals surface area contributed by atoms with Crippen LogP contribution in [-0.4, -0.2) is 36.6 Å². The van der Waals surface area contributed by atoms with Gasteiger partial charge in [-0.25, -0.2) is 13.4 Å². The number of nitrogens with zero attached hydrogens (tertiary/aromatic N) is 2. The number of imidazole rings is 1. The highest BCUT2D eigenvalue weighted by Crippen LogP contribution is 2.23. The Balaban J connectivity index is 1.67. The molecule has 8 heteroatoms.